The maximum atomic E-state index is 13.3. The van der Waals surface area contributed by atoms with Crippen LogP contribution in [0, 0.1) is 6.92 Å². The van der Waals surface area contributed by atoms with Crippen molar-refractivity contribution < 1.29 is 9.59 Å². The number of ketones is 1. The molecule has 2 aromatic heterocycles. The first-order valence-corrected chi connectivity index (χ1v) is 9.61. The Morgan fingerprint density at radius 1 is 1.19 bits per heavy atom. The highest BCUT2D eigenvalue weighted by Gasteiger charge is 2.23. The van der Waals surface area contributed by atoms with Crippen molar-refractivity contribution in [3.05, 3.63) is 58.6 Å². The lowest BCUT2D eigenvalue weighted by atomic mass is 10.1. The molecule has 0 unspecified atom stereocenters. The zero-order chi connectivity index (χ0) is 18.7. The van der Waals surface area contributed by atoms with Gasteiger partial charge in [-0.15, -0.1) is 11.3 Å². The van der Waals surface area contributed by atoms with Gasteiger partial charge in [-0.2, -0.15) is 0 Å². The average Bonchev–Trinajstić information content (AvgIpc) is 2.99. The quantitative estimate of drug-likeness (QED) is 0.560. The fraction of sp³-hybridized carbons (Fsp3) is 0.286. The molecule has 1 aromatic carbocycles. The molecule has 0 bridgehead atoms. The van der Waals surface area contributed by atoms with Gasteiger partial charge in [0, 0.05) is 29.4 Å². The van der Waals surface area contributed by atoms with E-state index in [9.17, 15) is 9.59 Å². The topological polar surface area (TPSA) is 50.3 Å². The van der Waals surface area contributed by atoms with E-state index >= 15 is 0 Å². The lowest BCUT2D eigenvalue weighted by Gasteiger charge is -2.22. The number of anilines is 1. The predicted molar refractivity (Wildman–Crippen MR) is 107 cm³/mol. The third-order valence-corrected chi connectivity index (χ3v) is 5.65. The summed E-state index contributed by atoms with van der Waals surface area (Å²) in [5.41, 5.74) is 2.37. The molecular weight excluding hydrogens is 344 g/mol. The minimum Gasteiger partial charge on any atom is -0.308 e. The summed E-state index contributed by atoms with van der Waals surface area (Å²) in [6.45, 7) is 6.25. The third kappa shape index (κ3) is 3.53. The summed E-state index contributed by atoms with van der Waals surface area (Å²) in [5.74, 6) is -0.0266. The van der Waals surface area contributed by atoms with E-state index in [-0.39, 0.29) is 11.7 Å². The number of benzene rings is 1. The molecule has 4 nitrogen and oxygen atoms in total. The normalized spacial score (nSPS) is 10.9. The Bertz CT molecular complexity index is 947. The van der Waals surface area contributed by atoms with Crippen molar-refractivity contribution in [2.75, 3.05) is 11.4 Å². The molecule has 2 heterocycles. The van der Waals surface area contributed by atoms with Crippen LogP contribution in [0.4, 0.5) is 5.69 Å². The molecule has 5 heteroatoms. The number of pyridine rings is 1. The first-order valence-electron chi connectivity index (χ1n) is 8.80. The van der Waals surface area contributed by atoms with Gasteiger partial charge in [0.1, 0.15) is 4.83 Å². The Hall–Kier alpha value is -2.53. The van der Waals surface area contributed by atoms with Crippen molar-refractivity contribution in [1.82, 2.24) is 4.98 Å². The molecule has 26 heavy (non-hydrogen) atoms. The maximum absolute atomic E-state index is 13.3. The molecule has 0 N–H and O–H groups in total. The summed E-state index contributed by atoms with van der Waals surface area (Å²) in [7, 11) is 0. The van der Waals surface area contributed by atoms with Gasteiger partial charge < -0.3 is 4.90 Å². The van der Waals surface area contributed by atoms with Crippen LogP contribution in [-0.4, -0.2) is 23.2 Å². The molecule has 3 aromatic rings. The molecule has 0 aliphatic carbocycles. The number of carbonyl (C=O) groups is 2. The number of hydrogen-bond donors (Lipinski definition) is 0. The second-order valence-electron chi connectivity index (χ2n) is 6.33. The van der Waals surface area contributed by atoms with Crippen molar-refractivity contribution in [2.45, 2.75) is 33.6 Å². The van der Waals surface area contributed by atoms with Gasteiger partial charge in [-0.25, -0.2) is 4.98 Å². The summed E-state index contributed by atoms with van der Waals surface area (Å²) in [5, 5.41) is 0.884. The Balaban J connectivity index is 2.03. The summed E-state index contributed by atoms with van der Waals surface area (Å²) in [4.78, 5) is 32.6. The number of para-hydroxylation sites is 1. The molecular formula is C21H22N2O2S. The number of Topliss-reactive ketones (excluding diaryl/α,β-unsaturated/α-hetero) is 1. The number of amides is 1. The number of unbranched alkanes of at least 4 members (excludes halogenated alkanes) is 1. The lowest BCUT2D eigenvalue weighted by Crippen LogP contribution is -2.31. The van der Waals surface area contributed by atoms with Crippen LogP contribution in [-0.2, 0) is 0 Å². The Labute approximate surface area is 157 Å². The van der Waals surface area contributed by atoms with Crippen LogP contribution >= 0.6 is 11.3 Å². The smallest absolute Gasteiger partial charge is 0.268 e. The summed E-state index contributed by atoms with van der Waals surface area (Å²) in [6.07, 6.45) is 3.55. The van der Waals surface area contributed by atoms with Crippen molar-refractivity contribution in [3.63, 3.8) is 0 Å². The van der Waals surface area contributed by atoms with E-state index in [1.54, 1.807) is 6.20 Å². The van der Waals surface area contributed by atoms with Gasteiger partial charge in [-0.1, -0.05) is 31.5 Å². The van der Waals surface area contributed by atoms with Gasteiger partial charge in [-0.05, 0) is 44.0 Å². The SMILES string of the molecule is CCCCN(C(=O)c1sc2ncc(C(C)=O)cc2c1C)c1ccccc1. The molecule has 0 radical (unpaired) electrons. The molecule has 0 spiro atoms. The van der Waals surface area contributed by atoms with Gasteiger partial charge >= 0.3 is 0 Å². The molecule has 0 atom stereocenters. The van der Waals surface area contributed by atoms with E-state index < -0.39 is 0 Å². The van der Waals surface area contributed by atoms with Crippen molar-refractivity contribution in [1.29, 1.82) is 0 Å². The minimum absolute atomic E-state index is 0.00507. The Morgan fingerprint density at radius 2 is 1.92 bits per heavy atom. The molecule has 134 valence electrons. The largest absolute Gasteiger partial charge is 0.308 e. The lowest BCUT2D eigenvalue weighted by molar-refractivity contribution is 0.0987. The predicted octanol–water partition coefficient (Wildman–Crippen LogP) is 5.25. The molecule has 1 amide bonds. The van der Waals surface area contributed by atoms with Crippen molar-refractivity contribution in [3.8, 4) is 0 Å². The zero-order valence-corrected chi connectivity index (χ0v) is 16.1. The Morgan fingerprint density at radius 3 is 2.58 bits per heavy atom. The number of rotatable bonds is 6. The highest BCUT2D eigenvalue weighted by Crippen LogP contribution is 2.32. The summed E-state index contributed by atoms with van der Waals surface area (Å²) < 4.78 is 0. The van der Waals surface area contributed by atoms with Crippen LogP contribution in [0.3, 0.4) is 0 Å². The number of nitrogens with zero attached hydrogens (tertiary/aromatic N) is 2. The first kappa shape index (κ1) is 18.3. The van der Waals surface area contributed by atoms with Crippen molar-refractivity contribution >= 4 is 38.9 Å². The van der Waals surface area contributed by atoms with E-state index in [4.69, 9.17) is 0 Å². The highest BCUT2D eigenvalue weighted by atomic mass is 32.1. The van der Waals surface area contributed by atoms with Gasteiger partial charge in [-0.3, -0.25) is 9.59 Å². The number of hydrogen-bond acceptors (Lipinski definition) is 4. The van der Waals surface area contributed by atoms with Gasteiger partial charge in [0.05, 0.1) is 4.88 Å². The molecule has 0 saturated heterocycles. The monoisotopic (exact) mass is 366 g/mol. The van der Waals surface area contributed by atoms with Crippen LogP contribution in [0.1, 0.15) is 52.3 Å². The maximum Gasteiger partial charge on any atom is 0.268 e. The third-order valence-electron chi connectivity index (χ3n) is 4.44. The highest BCUT2D eigenvalue weighted by molar-refractivity contribution is 7.20. The van der Waals surface area contributed by atoms with E-state index in [0.717, 1.165) is 34.3 Å². The van der Waals surface area contributed by atoms with E-state index in [2.05, 4.69) is 11.9 Å². The fourth-order valence-electron chi connectivity index (χ4n) is 2.89. The van der Waals surface area contributed by atoms with Crippen LogP contribution < -0.4 is 4.90 Å². The molecule has 0 fully saturated rings. The number of thiophene rings is 1. The fourth-order valence-corrected chi connectivity index (χ4v) is 3.97. The number of fused-ring (bicyclic) bond motifs is 1. The van der Waals surface area contributed by atoms with E-state index in [1.807, 2.05) is 48.2 Å². The molecule has 3 rings (SSSR count). The average molecular weight is 366 g/mol. The minimum atomic E-state index is -0.0215. The summed E-state index contributed by atoms with van der Waals surface area (Å²) >= 11 is 1.40. The van der Waals surface area contributed by atoms with Crippen LogP contribution in [0.25, 0.3) is 10.2 Å². The molecule has 0 aliphatic rings. The van der Waals surface area contributed by atoms with Gasteiger partial charge in [0.25, 0.3) is 5.91 Å². The van der Waals surface area contributed by atoms with Crippen molar-refractivity contribution in [2.24, 2.45) is 0 Å². The Kier molecular flexibility index (Phi) is 5.47. The molecule has 0 aliphatic heterocycles. The molecule has 0 saturated carbocycles. The second-order valence-corrected chi connectivity index (χ2v) is 7.33. The summed E-state index contributed by atoms with van der Waals surface area (Å²) in [6, 6.07) is 11.6. The second kappa shape index (κ2) is 7.79. The van der Waals surface area contributed by atoms with Gasteiger partial charge in [0.2, 0.25) is 0 Å². The number of aromatic nitrogens is 1. The van der Waals surface area contributed by atoms with E-state index in [1.165, 1.54) is 18.3 Å². The number of aryl methyl sites for hydroxylation is 1. The number of carbonyl (C=O) groups excluding carboxylic acids is 2. The first-order chi connectivity index (χ1) is 12.5. The van der Waals surface area contributed by atoms with Crippen LogP contribution in [0.5, 0.6) is 0 Å². The van der Waals surface area contributed by atoms with Crippen LogP contribution in [0.2, 0.25) is 0 Å². The zero-order valence-electron chi connectivity index (χ0n) is 15.3. The van der Waals surface area contributed by atoms with Gasteiger partial charge in [0.15, 0.2) is 5.78 Å². The standard InChI is InChI=1S/C21H22N2O2S/c1-4-5-11-23(17-9-7-6-8-10-17)21(25)19-14(2)18-12-16(15(3)24)13-22-20(18)26-19/h6-10,12-13H,4-5,11H2,1-3H3. The van der Waals surface area contributed by atoms with E-state index in [0.29, 0.717) is 17.0 Å². The van der Waals surface area contributed by atoms with Crippen LogP contribution in [0.15, 0.2) is 42.6 Å².